The molecule has 1 aromatic rings. The summed E-state index contributed by atoms with van der Waals surface area (Å²) in [5.41, 5.74) is 2.02. The first-order chi connectivity index (χ1) is 12.6. The van der Waals surface area contributed by atoms with Gasteiger partial charge < -0.3 is 20.7 Å². The number of benzene rings is 1. The number of alkyl halides is 1. The van der Waals surface area contributed by atoms with Gasteiger partial charge in [-0.15, -0.1) is 0 Å². The Morgan fingerprint density at radius 3 is 2.52 bits per heavy atom. The molecule has 0 aliphatic heterocycles. The van der Waals surface area contributed by atoms with Gasteiger partial charge >= 0.3 is 11.9 Å². The standard InChI is InChI=1S/C18H20Cl2FNO5/c1-2-3-12(8-4-5-10(19)11(20)6-8)27-13-7-9-14(17(9,21)15(23)24)18(13,22)16(25)26/h4-6,9,12-14H,2-3,7,22H2,1H3,(H,23,24)(H,25,26)/t9-,12+,13-,14+,17-,18+/m1/s1. The average Bonchev–Trinajstić information content (AvgIpc) is 3.08. The van der Waals surface area contributed by atoms with Gasteiger partial charge in [0, 0.05) is 11.8 Å². The number of nitrogens with two attached hydrogens (primary N) is 1. The van der Waals surface area contributed by atoms with E-state index in [-0.39, 0.29) is 6.42 Å². The molecule has 0 unspecified atom stereocenters. The van der Waals surface area contributed by atoms with E-state index in [1.165, 1.54) is 0 Å². The van der Waals surface area contributed by atoms with Crippen LogP contribution < -0.4 is 5.73 Å². The van der Waals surface area contributed by atoms with Crippen LogP contribution in [0.25, 0.3) is 0 Å². The molecule has 3 rings (SSSR count). The minimum Gasteiger partial charge on any atom is -0.480 e. The van der Waals surface area contributed by atoms with Gasteiger partial charge in [0.05, 0.1) is 22.3 Å². The van der Waals surface area contributed by atoms with Gasteiger partial charge in [-0.3, -0.25) is 4.79 Å². The van der Waals surface area contributed by atoms with Crippen molar-refractivity contribution in [3.8, 4) is 0 Å². The van der Waals surface area contributed by atoms with Crippen LogP contribution in [0.2, 0.25) is 10.0 Å². The predicted octanol–water partition coefficient (Wildman–Crippen LogP) is 3.44. The van der Waals surface area contributed by atoms with E-state index in [1.807, 2.05) is 6.92 Å². The molecule has 6 atom stereocenters. The lowest BCUT2D eigenvalue weighted by Crippen LogP contribution is -2.60. The van der Waals surface area contributed by atoms with Crippen LogP contribution in [0, 0.1) is 11.8 Å². The van der Waals surface area contributed by atoms with Gasteiger partial charge in [0.25, 0.3) is 0 Å². The van der Waals surface area contributed by atoms with Crippen molar-refractivity contribution >= 4 is 35.1 Å². The van der Waals surface area contributed by atoms with Crippen LogP contribution in [0.15, 0.2) is 18.2 Å². The number of hydrogen-bond acceptors (Lipinski definition) is 4. The molecule has 0 spiro atoms. The minimum absolute atomic E-state index is 0.0716. The Kier molecular flexibility index (Phi) is 5.18. The fraction of sp³-hybridized carbons (Fsp3) is 0.556. The highest BCUT2D eigenvalue weighted by atomic mass is 35.5. The Labute approximate surface area is 165 Å². The highest BCUT2D eigenvalue weighted by Crippen LogP contribution is 2.67. The van der Waals surface area contributed by atoms with E-state index in [0.717, 1.165) is 6.42 Å². The summed E-state index contributed by atoms with van der Waals surface area (Å²) >= 11 is 12.0. The van der Waals surface area contributed by atoms with Crippen molar-refractivity contribution in [1.82, 2.24) is 0 Å². The fourth-order valence-corrected chi connectivity index (χ4v) is 4.56. The first-order valence-electron chi connectivity index (χ1n) is 8.63. The molecule has 0 radical (unpaired) electrons. The number of rotatable bonds is 7. The SMILES string of the molecule is CCC[C@H](O[C@@H]1C[C@@H]2[C@H]([C@]1(N)C(=O)O)[C@@]2(F)C(=O)O)c1ccc(Cl)c(Cl)c1. The van der Waals surface area contributed by atoms with Gasteiger partial charge in [0.15, 0.2) is 0 Å². The zero-order valence-electron chi connectivity index (χ0n) is 14.5. The van der Waals surface area contributed by atoms with E-state index in [4.69, 9.17) is 38.8 Å². The van der Waals surface area contributed by atoms with E-state index in [9.17, 15) is 19.1 Å². The van der Waals surface area contributed by atoms with Gasteiger partial charge in [-0.05, 0) is 30.5 Å². The third kappa shape index (κ3) is 3.01. The Hall–Kier alpha value is -1.41. The first-order valence-corrected chi connectivity index (χ1v) is 9.39. The molecule has 2 saturated carbocycles. The summed E-state index contributed by atoms with van der Waals surface area (Å²) in [6.07, 6.45) is -0.318. The molecule has 0 saturated heterocycles. The zero-order valence-corrected chi connectivity index (χ0v) is 16.0. The summed E-state index contributed by atoms with van der Waals surface area (Å²) in [5, 5.41) is 19.5. The molecule has 1 aromatic carbocycles. The lowest BCUT2D eigenvalue weighted by Gasteiger charge is -2.34. The van der Waals surface area contributed by atoms with E-state index in [1.54, 1.807) is 18.2 Å². The maximum absolute atomic E-state index is 14.6. The number of ether oxygens (including phenoxy) is 1. The van der Waals surface area contributed by atoms with Gasteiger partial charge in [-0.1, -0.05) is 42.6 Å². The Morgan fingerprint density at radius 1 is 1.33 bits per heavy atom. The lowest BCUT2D eigenvalue weighted by molar-refractivity contribution is -0.158. The number of halogens is 3. The quantitative estimate of drug-likeness (QED) is 0.624. The molecule has 27 heavy (non-hydrogen) atoms. The monoisotopic (exact) mass is 419 g/mol. The van der Waals surface area contributed by atoms with Crippen molar-refractivity contribution < 1.29 is 28.9 Å². The number of hydrogen-bond donors (Lipinski definition) is 3. The smallest absolute Gasteiger partial charge is 0.342 e. The Morgan fingerprint density at radius 2 is 2.00 bits per heavy atom. The van der Waals surface area contributed by atoms with Gasteiger partial charge in [0.2, 0.25) is 5.67 Å². The van der Waals surface area contributed by atoms with Crippen LogP contribution >= 0.6 is 23.2 Å². The second kappa shape index (κ2) is 6.88. The van der Waals surface area contributed by atoms with E-state index >= 15 is 0 Å². The molecule has 6 nitrogen and oxygen atoms in total. The van der Waals surface area contributed by atoms with Gasteiger partial charge in [0.1, 0.15) is 5.54 Å². The van der Waals surface area contributed by atoms with E-state index < -0.39 is 47.2 Å². The summed E-state index contributed by atoms with van der Waals surface area (Å²) in [4.78, 5) is 23.1. The van der Waals surface area contributed by atoms with Gasteiger partial charge in [-0.25, -0.2) is 9.18 Å². The van der Waals surface area contributed by atoms with Gasteiger partial charge in [-0.2, -0.15) is 0 Å². The van der Waals surface area contributed by atoms with Crippen LogP contribution in [0.4, 0.5) is 4.39 Å². The molecule has 0 aromatic heterocycles. The molecular weight excluding hydrogens is 400 g/mol. The maximum Gasteiger partial charge on any atom is 0.342 e. The third-order valence-electron chi connectivity index (χ3n) is 5.69. The molecule has 0 amide bonds. The lowest BCUT2D eigenvalue weighted by atomic mass is 9.87. The Balaban J connectivity index is 1.88. The summed E-state index contributed by atoms with van der Waals surface area (Å²) in [5.74, 6) is -5.44. The zero-order chi connectivity index (χ0) is 20.1. The van der Waals surface area contributed by atoms with Crippen LogP contribution in [0.3, 0.4) is 0 Å². The molecule has 4 N–H and O–H groups in total. The molecule has 0 heterocycles. The highest BCUT2D eigenvalue weighted by Gasteiger charge is 2.85. The number of carboxylic acid groups (broad SMARTS) is 2. The van der Waals surface area contributed by atoms with Crippen molar-refractivity contribution in [2.45, 2.75) is 49.6 Å². The molecule has 2 aliphatic carbocycles. The second-order valence-corrected chi connectivity index (χ2v) is 8.02. The summed E-state index contributed by atoms with van der Waals surface area (Å²) in [6, 6.07) is 4.97. The topological polar surface area (TPSA) is 110 Å². The van der Waals surface area contributed by atoms with Crippen molar-refractivity contribution in [3.63, 3.8) is 0 Å². The van der Waals surface area contributed by atoms with Crippen LogP contribution in [0.5, 0.6) is 0 Å². The van der Waals surface area contributed by atoms with Crippen LogP contribution in [-0.2, 0) is 14.3 Å². The average molecular weight is 420 g/mol. The predicted molar refractivity (Wildman–Crippen MR) is 96.6 cm³/mol. The van der Waals surface area contributed by atoms with Crippen molar-refractivity contribution in [2.24, 2.45) is 17.6 Å². The molecule has 2 aliphatic rings. The first kappa shape index (κ1) is 20.3. The largest absolute Gasteiger partial charge is 0.480 e. The second-order valence-electron chi connectivity index (χ2n) is 7.21. The molecule has 148 valence electrons. The summed E-state index contributed by atoms with van der Waals surface area (Å²) in [7, 11) is 0. The molecule has 2 fully saturated rings. The van der Waals surface area contributed by atoms with Crippen LogP contribution in [0.1, 0.15) is 37.9 Å². The number of carbonyl (C=O) groups is 2. The summed E-state index contributed by atoms with van der Waals surface area (Å²) < 4.78 is 20.7. The van der Waals surface area contributed by atoms with Crippen molar-refractivity contribution in [3.05, 3.63) is 33.8 Å². The summed E-state index contributed by atoms with van der Waals surface area (Å²) in [6.45, 7) is 1.93. The number of aliphatic carboxylic acids is 2. The molecule has 0 bridgehead atoms. The van der Waals surface area contributed by atoms with E-state index in [2.05, 4.69) is 0 Å². The molecular formula is C18H20Cl2FNO5. The number of carboxylic acids is 2. The van der Waals surface area contributed by atoms with Crippen molar-refractivity contribution in [1.29, 1.82) is 0 Å². The third-order valence-corrected chi connectivity index (χ3v) is 6.43. The highest BCUT2D eigenvalue weighted by molar-refractivity contribution is 6.42. The minimum atomic E-state index is -2.61. The normalized spacial score (nSPS) is 35.5. The van der Waals surface area contributed by atoms with E-state index in [0.29, 0.717) is 22.0 Å². The number of fused-ring (bicyclic) bond motifs is 1. The van der Waals surface area contributed by atoms with Crippen LogP contribution in [-0.4, -0.2) is 39.5 Å². The Bertz CT molecular complexity index is 793. The van der Waals surface area contributed by atoms with Crippen molar-refractivity contribution in [2.75, 3.05) is 0 Å². The fourth-order valence-electron chi connectivity index (χ4n) is 4.26. The maximum atomic E-state index is 14.6. The molecule has 9 heteroatoms.